The molecule has 98 valence electrons. The van der Waals surface area contributed by atoms with Crippen LogP contribution in [0.25, 0.3) is 0 Å². The molecule has 0 N–H and O–H groups in total. The number of hydrogen-bond donors (Lipinski definition) is 0. The van der Waals surface area contributed by atoms with Gasteiger partial charge in [-0.1, -0.05) is 25.5 Å². The summed E-state index contributed by atoms with van der Waals surface area (Å²) in [5.41, 5.74) is 0.779. The first-order valence-electron chi connectivity index (χ1n) is 6.69. The summed E-state index contributed by atoms with van der Waals surface area (Å²) in [6, 6.07) is 8.04. The summed E-state index contributed by atoms with van der Waals surface area (Å²) < 4.78 is 0.890. The molecule has 0 radical (unpaired) electrons. The second kappa shape index (κ2) is 5.87. The van der Waals surface area contributed by atoms with Crippen LogP contribution in [0.4, 0.5) is 0 Å². The van der Waals surface area contributed by atoms with Crippen molar-refractivity contribution in [3.05, 3.63) is 34.3 Å². The number of benzene rings is 1. The van der Waals surface area contributed by atoms with Gasteiger partial charge in [0.15, 0.2) is 0 Å². The highest BCUT2D eigenvalue weighted by molar-refractivity contribution is 9.10. The van der Waals surface area contributed by atoms with Crippen molar-refractivity contribution in [1.29, 1.82) is 0 Å². The zero-order chi connectivity index (χ0) is 13.1. The van der Waals surface area contributed by atoms with E-state index in [2.05, 4.69) is 29.8 Å². The van der Waals surface area contributed by atoms with E-state index < -0.39 is 0 Å². The largest absolute Gasteiger partial charge is 0.336 e. The Bertz CT molecular complexity index is 432. The highest BCUT2D eigenvalue weighted by atomic mass is 79.9. The van der Waals surface area contributed by atoms with E-state index in [-0.39, 0.29) is 5.91 Å². The molecule has 3 heteroatoms. The number of halogens is 1. The standard InChI is InChI=1S/C15H20BrNO/c1-3-12-9-8-11(2)17(10-12)15(18)13-6-4-5-7-14(13)16/h4-7,11-12H,3,8-10H2,1-2H3. The van der Waals surface area contributed by atoms with Crippen LogP contribution in [0.3, 0.4) is 0 Å². The molecule has 0 bridgehead atoms. The minimum absolute atomic E-state index is 0.160. The molecule has 0 spiro atoms. The Balaban J connectivity index is 2.19. The molecule has 0 saturated carbocycles. The fraction of sp³-hybridized carbons (Fsp3) is 0.533. The number of rotatable bonds is 2. The molecule has 2 nitrogen and oxygen atoms in total. The van der Waals surface area contributed by atoms with Gasteiger partial charge in [-0.05, 0) is 53.7 Å². The molecule has 1 aliphatic rings. The maximum atomic E-state index is 12.6. The fourth-order valence-corrected chi connectivity index (χ4v) is 3.04. The number of hydrogen-bond acceptors (Lipinski definition) is 1. The van der Waals surface area contributed by atoms with E-state index in [1.165, 1.54) is 6.42 Å². The molecule has 1 saturated heterocycles. The van der Waals surface area contributed by atoms with E-state index in [4.69, 9.17) is 0 Å². The second-order valence-corrected chi connectivity index (χ2v) is 5.99. The lowest BCUT2D eigenvalue weighted by Gasteiger charge is -2.38. The van der Waals surface area contributed by atoms with Crippen LogP contribution < -0.4 is 0 Å². The van der Waals surface area contributed by atoms with Crippen molar-refractivity contribution in [2.75, 3.05) is 6.54 Å². The van der Waals surface area contributed by atoms with Gasteiger partial charge in [0.05, 0.1) is 5.56 Å². The highest BCUT2D eigenvalue weighted by Gasteiger charge is 2.29. The van der Waals surface area contributed by atoms with E-state index in [0.29, 0.717) is 12.0 Å². The van der Waals surface area contributed by atoms with Gasteiger partial charge in [-0.3, -0.25) is 4.79 Å². The molecular weight excluding hydrogens is 290 g/mol. The van der Waals surface area contributed by atoms with E-state index in [1.807, 2.05) is 29.2 Å². The van der Waals surface area contributed by atoms with E-state index in [0.717, 1.165) is 29.4 Å². The van der Waals surface area contributed by atoms with Crippen molar-refractivity contribution in [2.45, 2.75) is 39.2 Å². The number of nitrogens with zero attached hydrogens (tertiary/aromatic N) is 1. The third kappa shape index (κ3) is 2.77. The van der Waals surface area contributed by atoms with E-state index >= 15 is 0 Å². The SMILES string of the molecule is CCC1CCC(C)N(C(=O)c2ccccc2Br)C1. The number of carbonyl (C=O) groups excluding carboxylic acids is 1. The second-order valence-electron chi connectivity index (χ2n) is 5.14. The van der Waals surface area contributed by atoms with Crippen LogP contribution in [0.5, 0.6) is 0 Å². The van der Waals surface area contributed by atoms with Crippen molar-refractivity contribution in [1.82, 2.24) is 4.90 Å². The first-order valence-corrected chi connectivity index (χ1v) is 7.48. The average molecular weight is 310 g/mol. The molecule has 1 aliphatic heterocycles. The lowest BCUT2D eigenvalue weighted by molar-refractivity contribution is 0.0556. The van der Waals surface area contributed by atoms with Crippen LogP contribution in [-0.4, -0.2) is 23.4 Å². The topological polar surface area (TPSA) is 20.3 Å². The number of carbonyl (C=O) groups is 1. The summed E-state index contributed by atoms with van der Waals surface area (Å²) in [6.45, 7) is 5.26. The number of amides is 1. The Morgan fingerprint density at radius 3 is 2.78 bits per heavy atom. The van der Waals surface area contributed by atoms with Crippen molar-refractivity contribution in [2.24, 2.45) is 5.92 Å². The van der Waals surface area contributed by atoms with Gasteiger partial charge in [0, 0.05) is 17.1 Å². The molecule has 18 heavy (non-hydrogen) atoms. The minimum Gasteiger partial charge on any atom is -0.336 e. The van der Waals surface area contributed by atoms with Crippen molar-refractivity contribution in [3.63, 3.8) is 0 Å². The monoisotopic (exact) mass is 309 g/mol. The van der Waals surface area contributed by atoms with Crippen LogP contribution in [0.2, 0.25) is 0 Å². The predicted molar refractivity (Wildman–Crippen MR) is 77.7 cm³/mol. The van der Waals surface area contributed by atoms with Gasteiger partial charge >= 0.3 is 0 Å². The molecule has 1 amide bonds. The predicted octanol–water partition coefficient (Wildman–Crippen LogP) is 4.10. The first kappa shape index (κ1) is 13.6. The molecule has 2 rings (SSSR count). The number of likely N-dealkylation sites (tertiary alicyclic amines) is 1. The van der Waals surface area contributed by atoms with Gasteiger partial charge in [0.25, 0.3) is 5.91 Å². The lowest BCUT2D eigenvalue weighted by Crippen LogP contribution is -2.45. The summed E-state index contributed by atoms with van der Waals surface area (Å²) in [7, 11) is 0. The maximum Gasteiger partial charge on any atom is 0.255 e. The number of piperidine rings is 1. The molecule has 1 heterocycles. The van der Waals surface area contributed by atoms with Crippen LogP contribution in [0.1, 0.15) is 43.5 Å². The molecular formula is C15H20BrNO. The zero-order valence-electron chi connectivity index (χ0n) is 11.0. The quantitative estimate of drug-likeness (QED) is 0.805. The molecule has 2 unspecified atom stereocenters. The molecule has 1 aromatic carbocycles. The van der Waals surface area contributed by atoms with Gasteiger partial charge in [-0.25, -0.2) is 0 Å². The normalized spacial score (nSPS) is 24.1. The van der Waals surface area contributed by atoms with Gasteiger partial charge < -0.3 is 4.90 Å². The maximum absolute atomic E-state index is 12.6. The molecule has 1 aromatic rings. The summed E-state index contributed by atoms with van der Waals surface area (Å²) in [6.07, 6.45) is 3.53. The Morgan fingerprint density at radius 2 is 2.11 bits per heavy atom. The Kier molecular flexibility index (Phi) is 4.44. The summed E-state index contributed by atoms with van der Waals surface area (Å²) in [4.78, 5) is 14.6. The van der Waals surface area contributed by atoms with Crippen LogP contribution in [0.15, 0.2) is 28.7 Å². The third-order valence-electron chi connectivity index (χ3n) is 3.92. The molecule has 1 fully saturated rings. The zero-order valence-corrected chi connectivity index (χ0v) is 12.6. The van der Waals surface area contributed by atoms with Crippen molar-refractivity contribution < 1.29 is 4.79 Å². The highest BCUT2D eigenvalue weighted by Crippen LogP contribution is 2.27. The smallest absolute Gasteiger partial charge is 0.255 e. The van der Waals surface area contributed by atoms with Crippen molar-refractivity contribution in [3.8, 4) is 0 Å². The van der Waals surface area contributed by atoms with Gasteiger partial charge in [0.1, 0.15) is 0 Å². The first-order chi connectivity index (χ1) is 8.63. The van der Waals surface area contributed by atoms with Crippen LogP contribution in [0, 0.1) is 5.92 Å². The van der Waals surface area contributed by atoms with Crippen LogP contribution >= 0.6 is 15.9 Å². The molecule has 2 atom stereocenters. The molecule has 0 aliphatic carbocycles. The Morgan fingerprint density at radius 1 is 1.39 bits per heavy atom. The Labute approximate surface area is 117 Å². The van der Waals surface area contributed by atoms with E-state index in [9.17, 15) is 4.79 Å². The van der Waals surface area contributed by atoms with Crippen molar-refractivity contribution >= 4 is 21.8 Å². The summed E-state index contributed by atoms with van der Waals surface area (Å²) >= 11 is 3.47. The van der Waals surface area contributed by atoms with Gasteiger partial charge in [-0.15, -0.1) is 0 Å². The Hall–Kier alpha value is -0.830. The van der Waals surface area contributed by atoms with Gasteiger partial charge in [0.2, 0.25) is 0 Å². The van der Waals surface area contributed by atoms with Crippen LogP contribution in [-0.2, 0) is 0 Å². The summed E-state index contributed by atoms with van der Waals surface area (Å²) in [5, 5.41) is 0. The fourth-order valence-electron chi connectivity index (χ4n) is 2.59. The minimum atomic E-state index is 0.160. The average Bonchev–Trinajstić information content (AvgIpc) is 2.39. The lowest BCUT2D eigenvalue weighted by atomic mass is 9.91. The summed E-state index contributed by atoms with van der Waals surface area (Å²) in [5.74, 6) is 0.820. The van der Waals surface area contributed by atoms with E-state index in [1.54, 1.807) is 0 Å². The van der Waals surface area contributed by atoms with Gasteiger partial charge in [-0.2, -0.15) is 0 Å². The third-order valence-corrected chi connectivity index (χ3v) is 4.61. The molecule has 0 aromatic heterocycles.